The zero-order chi connectivity index (χ0) is 23.1. The van der Waals surface area contributed by atoms with Crippen LogP contribution in [0.5, 0.6) is 17.2 Å². The van der Waals surface area contributed by atoms with Gasteiger partial charge >= 0.3 is 0 Å². The largest absolute Gasteiger partial charge is 0.493 e. The topological polar surface area (TPSA) is 107 Å². The molecule has 3 rings (SSSR count). The normalized spacial score (nSPS) is 14.8. The van der Waals surface area contributed by atoms with Crippen LogP contribution in [0.1, 0.15) is 35.2 Å². The number of carbonyl (C=O) groups is 1. The van der Waals surface area contributed by atoms with Gasteiger partial charge in [-0.3, -0.25) is 4.79 Å². The van der Waals surface area contributed by atoms with Crippen LogP contribution in [0.15, 0.2) is 46.4 Å². The van der Waals surface area contributed by atoms with Crippen molar-refractivity contribution in [3.8, 4) is 17.2 Å². The van der Waals surface area contributed by atoms with Crippen molar-refractivity contribution in [3.05, 3.63) is 47.5 Å². The molecular formula is C22H27N3O6S. The smallest absolute Gasteiger partial charge is 0.271 e. The third kappa shape index (κ3) is 5.03. The molecule has 1 aliphatic heterocycles. The first-order valence-corrected chi connectivity index (χ1v) is 11.6. The van der Waals surface area contributed by atoms with Crippen LogP contribution < -0.4 is 19.6 Å². The van der Waals surface area contributed by atoms with E-state index in [0.29, 0.717) is 35.9 Å². The van der Waals surface area contributed by atoms with Crippen molar-refractivity contribution in [1.29, 1.82) is 0 Å². The average molecular weight is 462 g/mol. The van der Waals surface area contributed by atoms with Gasteiger partial charge in [-0.25, -0.2) is 13.8 Å². The highest BCUT2D eigenvalue weighted by atomic mass is 32.2. The Morgan fingerprint density at radius 3 is 2.38 bits per heavy atom. The molecule has 10 heteroatoms. The second-order valence-electron chi connectivity index (χ2n) is 7.12. The van der Waals surface area contributed by atoms with Crippen LogP contribution in [-0.4, -0.2) is 59.3 Å². The molecular weight excluding hydrogens is 434 g/mol. The zero-order valence-electron chi connectivity index (χ0n) is 18.3. The average Bonchev–Trinajstić information content (AvgIpc) is 2.84. The maximum absolute atomic E-state index is 12.9. The van der Waals surface area contributed by atoms with Gasteiger partial charge in [0.25, 0.3) is 5.91 Å². The third-order valence-electron chi connectivity index (χ3n) is 5.15. The van der Waals surface area contributed by atoms with E-state index < -0.39 is 15.9 Å². The molecule has 1 N–H and O–H groups in total. The minimum Gasteiger partial charge on any atom is -0.493 e. The Morgan fingerprint density at radius 2 is 1.72 bits per heavy atom. The molecule has 2 aromatic rings. The Bertz CT molecular complexity index is 1090. The maximum Gasteiger partial charge on any atom is 0.271 e. The highest BCUT2D eigenvalue weighted by Gasteiger charge is 2.26. The summed E-state index contributed by atoms with van der Waals surface area (Å²) in [5.41, 5.74) is 3.17. The molecule has 0 bridgehead atoms. The number of rotatable bonds is 8. The van der Waals surface area contributed by atoms with Crippen LogP contribution >= 0.6 is 0 Å². The molecule has 1 heterocycles. The SMILES string of the molecule is COc1ccc(/C=N\NC(=O)c2cccc(S(=O)(=O)N3CCCCC3)c2)c(OC)c1OC. The van der Waals surface area contributed by atoms with Gasteiger partial charge in [-0.05, 0) is 43.2 Å². The lowest BCUT2D eigenvalue weighted by Gasteiger charge is -2.25. The van der Waals surface area contributed by atoms with Crippen LogP contribution in [0.4, 0.5) is 0 Å². The fourth-order valence-corrected chi connectivity index (χ4v) is 5.07. The monoisotopic (exact) mass is 461 g/mol. The second kappa shape index (κ2) is 10.5. The molecule has 1 fully saturated rings. The standard InChI is InChI=1S/C22H27N3O6S/c1-29-19-11-10-17(20(30-2)21(19)31-3)15-23-24-22(26)16-8-7-9-18(14-16)32(27,28)25-12-5-4-6-13-25/h7-11,14-15H,4-6,12-13H2,1-3H3,(H,24,26)/b23-15-. The predicted molar refractivity (Wildman–Crippen MR) is 120 cm³/mol. The Morgan fingerprint density at radius 1 is 1.00 bits per heavy atom. The van der Waals surface area contributed by atoms with E-state index in [1.54, 1.807) is 18.2 Å². The molecule has 0 unspecified atom stereocenters. The zero-order valence-corrected chi connectivity index (χ0v) is 19.1. The third-order valence-corrected chi connectivity index (χ3v) is 7.05. The van der Waals surface area contributed by atoms with Crippen molar-refractivity contribution in [2.45, 2.75) is 24.2 Å². The second-order valence-corrected chi connectivity index (χ2v) is 9.05. The van der Waals surface area contributed by atoms with Crippen molar-refractivity contribution in [2.75, 3.05) is 34.4 Å². The van der Waals surface area contributed by atoms with Gasteiger partial charge in [0.05, 0.1) is 32.4 Å². The number of hydrogen-bond donors (Lipinski definition) is 1. The number of sulfonamides is 1. The molecule has 0 saturated carbocycles. The Labute approximate surface area is 188 Å². The fraction of sp³-hybridized carbons (Fsp3) is 0.364. The molecule has 1 saturated heterocycles. The fourth-order valence-electron chi connectivity index (χ4n) is 3.50. The lowest BCUT2D eigenvalue weighted by Crippen LogP contribution is -2.35. The molecule has 0 aromatic heterocycles. The van der Waals surface area contributed by atoms with Crippen molar-refractivity contribution in [3.63, 3.8) is 0 Å². The number of benzene rings is 2. The molecule has 32 heavy (non-hydrogen) atoms. The maximum atomic E-state index is 12.9. The highest BCUT2D eigenvalue weighted by molar-refractivity contribution is 7.89. The summed E-state index contributed by atoms with van der Waals surface area (Å²) in [5, 5.41) is 3.98. The van der Waals surface area contributed by atoms with E-state index in [2.05, 4.69) is 10.5 Å². The number of hydrogen-bond acceptors (Lipinski definition) is 7. The van der Waals surface area contributed by atoms with Crippen LogP contribution in [-0.2, 0) is 10.0 Å². The van der Waals surface area contributed by atoms with Crippen LogP contribution in [0.3, 0.4) is 0 Å². The number of piperidine rings is 1. The van der Waals surface area contributed by atoms with Gasteiger partial charge in [0.1, 0.15) is 0 Å². The van der Waals surface area contributed by atoms with E-state index in [-0.39, 0.29) is 10.5 Å². The molecule has 0 atom stereocenters. The van der Waals surface area contributed by atoms with Crippen molar-refractivity contribution >= 4 is 22.1 Å². The van der Waals surface area contributed by atoms with Crippen LogP contribution in [0, 0.1) is 0 Å². The summed E-state index contributed by atoms with van der Waals surface area (Å²) in [5.74, 6) is 0.772. The van der Waals surface area contributed by atoms with Crippen LogP contribution in [0.2, 0.25) is 0 Å². The van der Waals surface area contributed by atoms with Gasteiger partial charge in [0.2, 0.25) is 15.8 Å². The van der Waals surface area contributed by atoms with E-state index in [9.17, 15) is 13.2 Å². The van der Waals surface area contributed by atoms with Gasteiger partial charge in [0.15, 0.2) is 11.5 Å². The van der Waals surface area contributed by atoms with E-state index in [4.69, 9.17) is 14.2 Å². The first kappa shape index (κ1) is 23.6. The molecule has 0 radical (unpaired) electrons. The summed E-state index contributed by atoms with van der Waals surface area (Å²) in [7, 11) is 0.868. The number of ether oxygens (including phenoxy) is 3. The van der Waals surface area contributed by atoms with Crippen LogP contribution in [0.25, 0.3) is 0 Å². The van der Waals surface area contributed by atoms with E-state index in [1.165, 1.54) is 50.0 Å². The summed E-state index contributed by atoms with van der Waals surface area (Å²) in [4.78, 5) is 12.7. The highest BCUT2D eigenvalue weighted by Crippen LogP contribution is 2.38. The van der Waals surface area contributed by atoms with Gasteiger partial charge in [-0.15, -0.1) is 0 Å². The number of carbonyl (C=O) groups excluding carboxylic acids is 1. The Kier molecular flexibility index (Phi) is 7.70. The number of methoxy groups -OCH3 is 3. The van der Waals surface area contributed by atoms with E-state index in [1.807, 2.05) is 0 Å². The summed E-state index contributed by atoms with van der Waals surface area (Å²) in [6, 6.07) is 9.36. The summed E-state index contributed by atoms with van der Waals surface area (Å²) in [6.45, 7) is 0.992. The molecule has 0 spiro atoms. The van der Waals surface area contributed by atoms with Gasteiger partial charge in [-0.1, -0.05) is 12.5 Å². The molecule has 172 valence electrons. The Hall–Kier alpha value is -3.11. The van der Waals surface area contributed by atoms with Gasteiger partial charge in [-0.2, -0.15) is 9.41 Å². The first-order valence-electron chi connectivity index (χ1n) is 10.1. The lowest BCUT2D eigenvalue weighted by molar-refractivity contribution is 0.0955. The number of nitrogens with zero attached hydrogens (tertiary/aromatic N) is 2. The Balaban J connectivity index is 1.76. The van der Waals surface area contributed by atoms with Crippen molar-refractivity contribution in [1.82, 2.24) is 9.73 Å². The van der Waals surface area contributed by atoms with Gasteiger partial charge in [0, 0.05) is 24.2 Å². The quantitative estimate of drug-likeness (QED) is 0.479. The number of nitrogens with one attached hydrogen (secondary N) is 1. The minimum absolute atomic E-state index is 0.0950. The first-order chi connectivity index (χ1) is 15.4. The summed E-state index contributed by atoms with van der Waals surface area (Å²) in [6.07, 6.45) is 4.12. The minimum atomic E-state index is -3.63. The lowest BCUT2D eigenvalue weighted by atomic mass is 10.2. The van der Waals surface area contributed by atoms with E-state index >= 15 is 0 Å². The molecule has 1 amide bonds. The van der Waals surface area contributed by atoms with Crippen molar-refractivity contribution < 1.29 is 27.4 Å². The molecule has 9 nitrogen and oxygen atoms in total. The van der Waals surface area contributed by atoms with Crippen molar-refractivity contribution in [2.24, 2.45) is 5.10 Å². The molecule has 1 aliphatic rings. The number of hydrazone groups is 1. The summed E-state index contributed by atoms with van der Waals surface area (Å²) >= 11 is 0. The number of amides is 1. The summed E-state index contributed by atoms with van der Waals surface area (Å²) < 4.78 is 43.2. The van der Waals surface area contributed by atoms with Gasteiger partial charge < -0.3 is 14.2 Å². The molecule has 2 aromatic carbocycles. The van der Waals surface area contributed by atoms with E-state index in [0.717, 1.165) is 19.3 Å². The molecule has 0 aliphatic carbocycles. The predicted octanol–water partition coefficient (Wildman–Crippen LogP) is 2.65.